The average molecular weight is 312 g/mol. The van der Waals surface area contributed by atoms with Crippen LogP contribution in [0.4, 0.5) is 13.2 Å². The molecule has 20 heavy (non-hydrogen) atoms. The molecule has 1 heterocycles. The molecule has 0 aliphatic heterocycles. The molecule has 0 amide bonds. The van der Waals surface area contributed by atoms with E-state index in [-0.39, 0.29) is 4.90 Å². The Labute approximate surface area is 115 Å². The van der Waals surface area contributed by atoms with Gasteiger partial charge in [-0.05, 0) is 25.5 Å². The Balaban J connectivity index is 2.83. The third kappa shape index (κ3) is 4.73. The van der Waals surface area contributed by atoms with Crippen molar-refractivity contribution in [2.24, 2.45) is 0 Å². The number of hydrogen-bond donors (Lipinski definition) is 1. The number of methoxy groups -OCH3 is 1. The number of sulfonamides is 1. The minimum absolute atomic E-state index is 0.310. The molecular weight excluding hydrogens is 297 g/mol. The molecular formula is C11H15F3N2O3S. The predicted molar refractivity (Wildman–Crippen MR) is 65.5 cm³/mol. The van der Waals surface area contributed by atoms with Crippen molar-refractivity contribution >= 4 is 10.0 Å². The summed E-state index contributed by atoms with van der Waals surface area (Å²) in [5.74, 6) is 0. The van der Waals surface area contributed by atoms with Gasteiger partial charge in [0.2, 0.25) is 10.0 Å². The molecule has 1 N–H and O–H groups in total. The Kier molecular flexibility index (Phi) is 5.49. The highest BCUT2D eigenvalue weighted by atomic mass is 32.2. The van der Waals surface area contributed by atoms with E-state index in [2.05, 4.69) is 9.71 Å². The quantitative estimate of drug-likeness (QED) is 0.870. The SMILES string of the molecule is COCCC(C)NS(=O)(=O)c1ccc(C(F)(F)F)nc1. The molecule has 0 aliphatic rings. The van der Waals surface area contributed by atoms with Crippen molar-refractivity contribution < 1.29 is 26.3 Å². The fraction of sp³-hybridized carbons (Fsp3) is 0.545. The van der Waals surface area contributed by atoms with Crippen molar-refractivity contribution in [1.29, 1.82) is 0 Å². The first-order valence-electron chi connectivity index (χ1n) is 5.71. The highest BCUT2D eigenvalue weighted by molar-refractivity contribution is 7.89. The number of ether oxygens (including phenoxy) is 1. The van der Waals surface area contributed by atoms with Gasteiger partial charge in [-0.2, -0.15) is 13.2 Å². The number of nitrogens with zero attached hydrogens (tertiary/aromatic N) is 1. The second kappa shape index (κ2) is 6.51. The van der Waals surface area contributed by atoms with Gasteiger partial charge < -0.3 is 4.74 Å². The first kappa shape index (κ1) is 16.9. The van der Waals surface area contributed by atoms with E-state index < -0.39 is 27.9 Å². The molecule has 0 bridgehead atoms. The molecule has 0 spiro atoms. The van der Waals surface area contributed by atoms with Crippen LogP contribution in [0.5, 0.6) is 0 Å². The Bertz CT molecular complexity index is 529. The molecule has 0 fully saturated rings. The molecule has 1 aromatic rings. The third-order valence-electron chi connectivity index (χ3n) is 2.45. The van der Waals surface area contributed by atoms with Crippen molar-refractivity contribution in [2.75, 3.05) is 13.7 Å². The van der Waals surface area contributed by atoms with Gasteiger partial charge in [0.05, 0.1) is 0 Å². The maximum Gasteiger partial charge on any atom is 0.433 e. The summed E-state index contributed by atoms with van der Waals surface area (Å²) in [7, 11) is -2.40. The zero-order valence-corrected chi connectivity index (χ0v) is 11.8. The van der Waals surface area contributed by atoms with Crippen LogP contribution in [0.3, 0.4) is 0 Å². The van der Waals surface area contributed by atoms with Gasteiger partial charge in [-0.15, -0.1) is 0 Å². The number of rotatable bonds is 6. The molecule has 1 atom stereocenters. The minimum Gasteiger partial charge on any atom is -0.385 e. The normalized spacial score (nSPS) is 14.2. The molecule has 1 unspecified atom stereocenters. The number of halogens is 3. The highest BCUT2D eigenvalue weighted by Gasteiger charge is 2.32. The lowest BCUT2D eigenvalue weighted by Crippen LogP contribution is -2.33. The summed E-state index contributed by atoms with van der Waals surface area (Å²) in [5, 5.41) is 0. The summed E-state index contributed by atoms with van der Waals surface area (Å²) >= 11 is 0. The van der Waals surface area contributed by atoms with Gasteiger partial charge in [-0.25, -0.2) is 13.1 Å². The number of alkyl halides is 3. The summed E-state index contributed by atoms with van der Waals surface area (Å²) in [6, 6.07) is 1.11. The first-order valence-corrected chi connectivity index (χ1v) is 7.19. The zero-order valence-electron chi connectivity index (χ0n) is 10.9. The van der Waals surface area contributed by atoms with E-state index in [1.54, 1.807) is 6.92 Å². The number of pyridine rings is 1. The zero-order chi connectivity index (χ0) is 15.4. The fourth-order valence-electron chi connectivity index (χ4n) is 1.39. The molecule has 114 valence electrons. The van der Waals surface area contributed by atoms with Crippen molar-refractivity contribution in [3.8, 4) is 0 Å². The van der Waals surface area contributed by atoms with Crippen LogP contribution in [0, 0.1) is 0 Å². The van der Waals surface area contributed by atoms with Crippen molar-refractivity contribution in [3.63, 3.8) is 0 Å². The van der Waals surface area contributed by atoms with Gasteiger partial charge in [0, 0.05) is 26.0 Å². The maximum absolute atomic E-state index is 12.3. The monoisotopic (exact) mass is 312 g/mol. The number of nitrogens with one attached hydrogen (secondary N) is 1. The van der Waals surface area contributed by atoms with E-state index in [9.17, 15) is 21.6 Å². The van der Waals surface area contributed by atoms with Crippen LogP contribution in [0.15, 0.2) is 23.2 Å². The van der Waals surface area contributed by atoms with Gasteiger partial charge >= 0.3 is 6.18 Å². The Hall–Kier alpha value is -1.19. The standard InChI is InChI=1S/C11H15F3N2O3S/c1-8(5-6-19-2)16-20(17,18)9-3-4-10(15-7-9)11(12,13)14/h3-4,7-8,16H,5-6H2,1-2H3. The van der Waals surface area contributed by atoms with Crippen LogP contribution >= 0.6 is 0 Å². The second-order valence-corrected chi connectivity index (χ2v) is 5.89. The van der Waals surface area contributed by atoms with E-state index in [1.807, 2.05) is 0 Å². The number of hydrogen-bond acceptors (Lipinski definition) is 4. The lowest BCUT2D eigenvalue weighted by molar-refractivity contribution is -0.141. The van der Waals surface area contributed by atoms with Gasteiger partial charge in [0.1, 0.15) is 10.6 Å². The maximum atomic E-state index is 12.3. The van der Waals surface area contributed by atoms with Gasteiger partial charge in [-0.1, -0.05) is 0 Å². The molecule has 0 saturated heterocycles. The van der Waals surface area contributed by atoms with Crippen LogP contribution in [-0.2, 0) is 20.9 Å². The molecule has 1 rings (SSSR count). The van der Waals surface area contributed by atoms with Gasteiger partial charge in [0.15, 0.2) is 0 Å². The molecule has 0 aromatic carbocycles. The van der Waals surface area contributed by atoms with Crippen LogP contribution in [0.25, 0.3) is 0 Å². The lowest BCUT2D eigenvalue weighted by Gasteiger charge is -2.14. The first-order chi connectivity index (χ1) is 9.16. The highest BCUT2D eigenvalue weighted by Crippen LogP contribution is 2.27. The van der Waals surface area contributed by atoms with Crippen LogP contribution < -0.4 is 4.72 Å². The summed E-state index contributed by atoms with van der Waals surface area (Å²) in [4.78, 5) is 2.81. The molecule has 9 heteroatoms. The van der Waals surface area contributed by atoms with Gasteiger partial charge in [0.25, 0.3) is 0 Å². The van der Waals surface area contributed by atoms with E-state index in [4.69, 9.17) is 4.74 Å². The molecule has 0 aliphatic carbocycles. The summed E-state index contributed by atoms with van der Waals surface area (Å²) < 4.78 is 67.9. The lowest BCUT2D eigenvalue weighted by atomic mass is 10.3. The van der Waals surface area contributed by atoms with Crippen LogP contribution in [0.2, 0.25) is 0 Å². The Morgan fingerprint density at radius 2 is 2.05 bits per heavy atom. The Morgan fingerprint density at radius 1 is 1.40 bits per heavy atom. The summed E-state index contributed by atoms with van der Waals surface area (Å²) in [6.07, 6.45) is -3.46. The average Bonchev–Trinajstić information content (AvgIpc) is 2.35. The summed E-state index contributed by atoms with van der Waals surface area (Å²) in [6.45, 7) is 2.00. The van der Waals surface area contributed by atoms with E-state index in [0.717, 1.165) is 6.07 Å². The van der Waals surface area contributed by atoms with Gasteiger partial charge in [-0.3, -0.25) is 4.98 Å². The largest absolute Gasteiger partial charge is 0.433 e. The molecule has 5 nitrogen and oxygen atoms in total. The minimum atomic E-state index is -4.60. The Morgan fingerprint density at radius 3 is 2.50 bits per heavy atom. The number of aromatic nitrogens is 1. The summed E-state index contributed by atoms with van der Waals surface area (Å²) in [5.41, 5.74) is -1.14. The third-order valence-corrected chi connectivity index (χ3v) is 4.02. The molecule has 0 radical (unpaired) electrons. The van der Waals surface area contributed by atoms with Crippen molar-refractivity contribution in [1.82, 2.24) is 9.71 Å². The van der Waals surface area contributed by atoms with E-state index in [0.29, 0.717) is 25.3 Å². The van der Waals surface area contributed by atoms with Crippen molar-refractivity contribution in [2.45, 2.75) is 30.5 Å². The topological polar surface area (TPSA) is 68.3 Å². The molecule has 1 aromatic heterocycles. The van der Waals surface area contributed by atoms with Crippen LogP contribution in [-0.4, -0.2) is 33.2 Å². The second-order valence-electron chi connectivity index (χ2n) is 4.18. The van der Waals surface area contributed by atoms with E-state index >= 15 is 0 Å². The fourth-order valence-corrected chi connectivity index (χ4v) is 2.62. The van der Waals surface area contributed by atoms with Crippen molar-refractivity contribution in [3.05, 3.63) is 24.0 Å². The van der Waals surface area contributed by atoms with Crippen LogP contribution in [0.1, 0.15) is 19.0 Å². The predicted octanol–water partition coefficient (Wildman–Crippen LogP) is 1.80. The molecule has 0 saturated carbocycles. The van der Waals surface area contributed by atoms with E-state index in [1.165, 1.54) is 7.11 Å². The smallest absolute Gasteiger partial charge is 0.385 e.